The van der Waals surface area contributed by atoms with E-state index in [0.29, 0.717) is 52.1 Å². The van der Waals surface area contributed by atoms with Gasteiger partial charge in [-0.2, -0.15) is 0 Å². The number of hydrogen-bond acceptors (Lipinski definition) is 7. The maximum Gasteiger partial charge on any atom is 0.269 e. The SMILES string of the molecule is C[C@H]1[C@H]([Si](C)(C)F)[C@@H](CCn2cc(C(CO)c3ccccc3)nn2)O[C@]12C(=O)N(Cc1ccc(N3C(=O)COc4ccccc43)cc1)c1ccc(Cl)cc12. The zero-order valence-corrected chi connectivity index (χ0v) is 32.0. The first-order chi connectivity index (χ1) is 26.0. The van der Waals surface area contributed by atoms with Crippen molar-refractivity contribution in [3.63, 3.8) is 0 Å². The van der Waals surface area contributed by atoms with Crippen LogP contribution in [-0.2, 0) is 33.0 Å². The molecule has 3 aliphatic rings. The van der Waals surface area contributed by atoms with Crippen molar-refractivity contribution >= 4 is 48.9 Å². The molecule has 8 rings (SSSR count). The van der Waals surface area contributed by atoms with Crippen molar-refractivity contribution in [3.8, 4) is 5.75 Å². The van der Waals surface area contributed by atoms with Crippen LogP contribution in [0.3, 0.4) is 0 Å². The lowest BCUT2D eigenvalue weighted by Gasteiger charge is -2.31. The second-order valence-electron chi connectivity index (χ2n) is 14.8. The van der Waals surface area contributed by atoms with Gasteiger partial charge in [0.15, 0.2) is 12.2 Å². The number of benzene rings is 4. The highest BCUT2D eigenvalue weighted by atomic mass is 35.5. The second-order valence-corrected chi connectivity index (χ2v) is 19.0. The van der Waals surface area contributed by atoms with E-state index in [1.165, 1.54) is 0 Å². The molecular formula is C41H41ClFN5O5Si. The van der Waals surface area contributed by atoms with E-state index in [1.807, 2.05) is 98.0 Å². The average Bonchev–Trinajstić information content (AvgIpc) is 3.82. The summed E-state index contributed by atoms with van der Waals surface area (Å²) in [5.41, 5.74) is 3.16. The first-order valence-electron chi connectivity index (χ1n) is 18.2. The number of aliphatic hydroxyl groups is 1. The normalized spacial score (nSPS) is 22.7. The van der Waals surface area contributed by atoms with Gasteiger partial charge in [-0.25, -0.2) is 0 Å². The van der Waals surface area contributed by atoms with E-state index in [2.05, 4.69) is 10.3 Å². The molecule has 54 heavy (non-hydrogen) atoms. The molecule has 1 unspecified atom stereocenters. The Bertz CT molecular complexity index is 2200. The number of hydrogen-bond donors (Lipinski definition) is 1. The van der Waals surface area contributed by atoms with Crippen molar-refractivity contribution < 1.29 is 28.3 Å². The number of carbonyl (C=O) groups excluding carboxylic acids is 2. The smallest absolute Gasteiger partial charge is 0.269 e. The number of aryl methyl sites for hydroxylation is 1. The molecule has 0 saturated carbocycles. The summed E-state index contributed by atoms with van der Waals surface area (Å²) in [6, 6.07) is 30.0. The van der Waals surface area contributed by atoms with E-state index in [0.717, 1.165) is 11.1 Å². The van der Waals surface area contributed by atoms with Crippen molar-refractivity contribution in [2.75, 3.05) is 23.0 Å². The molecule has 1 fully saturated rings. The van der Waals surface area contributed by atoms with Gasteiger partial charge in [0.25, 0.3) is 11.8 Å². The summed E-state index contributed by atoms with van der Waals surface area (Å²) in [6.07, 6.45) is 1.64. The maximum absolute atomic E-state index is 16.4. The Morgan fingerprint density at radius 3 is 2.48 bits per heavy atom. The van der Waals surface area contributed by atoms with Crippen LogP contribution in [-0.4, -0.2) is 59.6 Å². The van der Waals surface area contributed by atoms with Gasteiger partial charge in [0.1, 0.15) is 5.75 Å². The summed E-state index contributed by atoms with van der Waals surface area (Å²) in [5.74, 6) is -0.604. The van der Waals surface area contributed by atoms with Crippen molar-refractivity contribution in [1.29, 1.82) is 0 Å². The van der Waals surface area contributed by atoms with Crippen LogP contribution in [0.1, 0.15) is 41.6 Å². The van der Waals surface area contributed by atoms with Crippen LogP contribution in [0.5, 0.6) is 5.75 Å². The topological polar surface area (TPSA) is 110 Å². The fraction of sp³-hybridized carbons (Fsp3) is 0.317. The monoisotopic (exact) mass is 765 g/mol. The minimum absolute atomic E-state index is 0.0561. The number of nitrogens with zero attached hydrogens (tertiary/aromatic N) is 5. The van der Waals surface area contributed by atoms with Gasteiger partial charge in [-0.05, 0) is 73.1 Å². The van der Waals surface area contributed by atoms with Crippen molar-refractivity contribution in [3.05, 3.63) is 131 Å². The summed E-state index contributed by atoms with van der Waals surface area (Å²) in [6.45, 7) is 5.73. The molecule has 0 aliphatic carbocycles. The van der Waals surface area contributed by atoms with Crippen LogP contribution in [0.4, 0.5) is 21.2 Å². The van der Waals surface area contributed by atoms with E-state index in [4.69, 9.17) is 21.1 Å². The quantitative estimate of drug-likeness (QED) is 0.116. The molecule has 4 aromatic carbocycles. The second kappa shape index (κ2) is 14.1. The zero-order valence-electron chi connectivity index (χ0n) is 30.2. The highest BCUT2D eigenvalue weighted by Crippen LogP contribution is 2.60. The molecule has 10 nitrogen and oxygen atoms in total. The summed E-state index contributed by atoms with van der Waals surface area (Å²) >= 11 is 6.59. The van der Waals surface area contributed by atoms with Gasteiger partial charge in [0, 0.05) is 40.5 Å². The summed E-state index contributed by atoms with van der Waals surface area (Å²) in [4.78, 5) is 31.2. The number of fused-ring (bicyclic) bond motifs is 3. The van der Waals surface area contributed by atoms with E-state index in [9.17, 15) is 14.7 Å². The number of carbonyl (C=O) groups is 2. The molecular weight excluding hydrogens is 725 g/mol. The average molecular weight is 766 g/mol. The molecule has 0 radical (unpaired) electrons. The lowest BCUT2D eigenvalue weighted by molar-refractivity contribution is -0.146. The van der Waals surface area contributed by atoms with Crippen LogP contribution in [0.15, 0.2) is 103 Å². The molecule has 2 amide bonds. The summed E-state index contributed by atoms with van der Waals surface area (Å²) < 4.78 is 30.7. The van der Waals surface area contributed by atoms with Gasteiger partial charge >= 0.3 is 0 Å². The van der Waals surface area contributed by atoms with Gasteiger partial charge in [-0.1, -0.05) is 78.3 Å². The van der Waals surface area contributed by atoms with E-state index < -0.39 is 31.6 Å². The van der Waals surface area contributed by atoms with Gasteiger partial charge < -0.3 is 23.6 Å². The lowest BCUT2D eigenvalue weighted by atomic mass is 9.82. The third-order valence-corrected chi connectivity index (χ3v) is 13.8. The molecule has 1 N–H and O–H groups in total. The minimum atomic E-state index is -3.41. The van der Waals surface area contributed by atoms with E-state index in [1.54, 1.807) is 39.7 Å². The number of halogens is 2. The zero-order chi connectivity index (χ0) is 37.8. The van der Waals surface area contributed by atoms with Gasteiger partial charge in [-0.15, -0.1) is 5.10 Å². The third kappa shape index (κ3) is 6.20. The fourth-order valence-electron chi connectivity index (χ4n) is 8.66. The first-order valence-corrected chi connectivity index (χ1v) is 21.5. The molecule has 1 saturated heterocycles. The van der Waals surface area contributed by atoms with Crippen molar-refractivity contribution in [2.24, 2.45) is 5.92 Å². The van der Waals surface area contributed by atoms with Crippen molar-refractivity contribution in [1.82, 2.24) is 15.0 Å². The molecule has 5 atom stereocenters. The fourth-order valence-corrected chi connectivity index (χ4v) is 11.4. The number of ether oxygens (including phenoxy) is 2. The third-order valence-electron chi connectivity index (χ3n) is 11.1. The Hall–Kier alpha value is -4.88. The molecule has 13 heteroatoms. The van der Waals surface area contributed by atoms with Gasteiger partial charge in [0.2, 0.25) is 8.41 Å². The Morgan fingerprint density at radius 2 is 1.74 bits per heavy atom. The number of amides is 2. The Kier molecular flexibility index (Phi) is 9.41. The number of aromatic nitrogens is 3. The Balaban J connectivity index is 1.06. The standard InChI is InChI=1S/C41H41ClFN5O5Si/c1-26-39(54(2,3)43)37(19-20-46-23-33(44-45-46)31(24-49)28-9-5-4-6-10-28)53-41(26)32-21-29(42)15-18-34(32)47(40(41)51)22-27-13-16-30(17-14-27)48-35-11-7-8-12-36(35)52-25-38(48)50/h4-18,21,23,26,31,37,39,49H,19-20,22,24-25H2,1-3H3/t26-,31?,37+,39-,41+/m0/s1. The highest BCUT2D eigenvalue weighted by Gasteiger charge is 2.66. The van der Waals surface area contributed by atoms with E-state index >= 15 is 4.11 Å². The molecule has 1 spiro atoms. The van der Waals surface area contributed by atoms with E-state index in [-0.39, 0.29) is 37.5 Å². The summed E-state index contributed by atoms with van der Waals surface area (Å²) in [7, 11) is -3.41. The van der Waals surface area contributed by atoms with Gasteiger partial charge in [0.05, 0.1) is 42.2 Å². The van der Waals surface area contributed by atoms with Crippen LogP contribution < -0.4 is 14.5 Å². The summed E-state index contributed by atoms with van der Waals surface area (Å²) in [5, 5.41) is 19.3. The van der Waals surface area contributed by atoms with Crippen molar-refractivity contribution in [2.45, 2.75) is 62.7 Å². The molecule has 3 aliphatic heterocycles. The Morgan fingerprint density at radius 1 is 1.00 bits per heavy atom. The number of para-hydroxylation sites is 2. The first kappa shape index (κ1) is 36.1. The number of anilines is 3. The number of rotatable bonds is 10. The molecule has 278 valence electrons. The predicted octanol–water partition coefficient (Wildman–Crippen LogP) is 7.52. The number of aliphatic hydroxyl groups excluding tert-OH is 1. The lowest BCUT2D eigenvalue weighted by Crippen LogP contribution is -2.45. The van der Waals surface area contributed by atoms with Crippen LogP contribution in [0.25, 0.3) is 0 Å². The molecule has 4 heterocycles. The Labute approximate surface area is 319 Å². The largest absolute Gasteiger partial charge is 0.482 e. The van der Waals surface area contributed by atoms with Crippen LogP contribution in [0.2, 0.25) is 23.7 Å². The van der Waals surface area contributed by atoms with Crippen LogP contribution in [0, 0.1) is 5.92 Å². The van der Waals surface area contributed by atoms with Gasteiger partial charge in [-0.3, -0.25) is 19.2 Å². The minimum Gasteiger partial charge on any atom is -0.482 e. The highest BCUT2D eigenvalue weighted by molar-refractivity contribution is 6.72. The molecule has 1 aromatic heterocycles. The van der Waals surface area contributed by atoms with Crippen LogP contribution >= 0.6 is 11.6 Å². The predicted molar refractivity (Wildman–Crippen MR) is 206 cm³/mol. The molecule has 0 bridgehead atoms. The molecule has 5 aromatic rings. The maximum atomic E-state index is 16.4.